The average molecular weight is 724 g/mol. The Bertz CT molecular complexity index is 2610. The molecule has 0 N–H and O–H groups in total. The minimum absolute atomic E-state index is 0.0520. The first kappa shape index (κ1) is 33.7. The van der Waals surface area contributed by atoms with E-state index in [2.05, 4.69) is 218 Å². The maximum absolute atomic E-state index is 7.49. The highest BCUT2D eigenvalue weighted by Crippen LogP contribution is 2.59. The van der Waals surface area contributed by atoms with Gasteiger partial charge in [0.25, 0.3) is 0 Å². The zero-order valence-electron chi connectivity index (χ0n) is 31.3. The van der Waals surface area contributed by atoms with E-state index < -0.39 is 5.91 Å². The fraction of sp³-hybridized carbons (Fsp3) is 0.0943. The third-order valence-electron chi connectivity index (χ3n) is 11.5. The number of para-hydroxylation sites is 1. The van der Waals surface area contributed by atoms with E-state index in [1.54, 1.807) is 0 Å². The Hall–Kier alpha value is -6.84. The maximum atomic E-state index is 7.49. The average Bonchev–Trinajstić information content (AvgIpc) is 3.58. The molecule has 0 aromatic heterocycles. The lowest BCUT2D eigenvalue weighted by Crippen LogP contribution is -2.55. The summed E-state index contributed by atoms with van der Waals surface area (Å²) < 4.78 is 14.9. The molecule has 3 atom stereocenters. The summed E-state index contributed by atoms with van der Waals surface area (Å²) in [4.78, 5) is 2.31. The second-order valence-corrected chi connectivity index (χ2v) is 14.9. The van der Waals surface area contributed by atoms with Crippen molar-refractivity contribution in [1.82, 2.24) is 0 Å². The lowest BCUT2D eigenvalue weighted by Gasteiger charge is -2.45. The fourth-order valence-electron chi connectivity index (χ4n) is 8.78. The molecule has 3 unspecified atom stereocenters. The van der Waals surface area contributed by atoms with E-state index in [1.165, 1.54) is 22.3 Å². The maximum Gasteiger partial charge on any atom is 0.343 e. The van der Waals surface area contributed by atoms with Gasteiger partial charge < -0.3 is 9.47 Å². The van der Waals surface area contributed by atoms with Gasteiger partial charge in [-0.1, -0.05) is 177 Å². The normalized spacial score (nSPS) is 17.4. The Balaban J connectivity index is 1.21. The van der Waals surface area contributed by atoms with Gasteiger partial charge in [-0.15, -0.1) is 0 Å². The summed E-state index contributed by atoms with van der Waals surface area (Å²) in [5.41, 5.74) is 13.6. The quantitative estimate of drug-likeness (QED) is 0.163. The predicted octanol–water partition coefficient (Wildman–Crippen LogP) is 13.9. The van der Waals surface area contributed by atoms with Gasteiger partial charge in [0.1, 0.15) is 5.75 Å². The van der Waals surface area contributed by atoms with Gasteiger partial charge in [-0.2, -0.15) is 0 Å². The van der Waals surface area contributed by atoms with Gasteiger partial charge in [-0.25, -0.2) is 0 Å². The zero-order chi connectivity index (χ0) is 37.5. The van der Waals surface area contributed by atoms with Crippen LogP contribution >= 0.6 is 0 Å². The first-order valence-electron chi connectivity index (χ1n) is 19.5. The number of hydrogen-bond donors (Lipinski definition) is 0. The van der Waals surface area contributed by atoms with Crippen LogP contribution in [0.1, 0.15) is 36.3 Å². The minimum Gasteiger partial charge on any atom is -0.434 e. The molecule has 270 valence electrons. The van der Waals surface area contributed by atoms with Gasteiger partial charge in [-0.3, -0.25) is 4.90 Å². The SMILES string of the molecule is CC(c1ccccc1)C1CC2(Oc3cc(-c4ccccc4)c(-c4ccccc4)cc31)Oc1cc(-c3ccccc3)c(-c3ccccc3)cc1N2c1ccccc1. The number of anilines is 2. The van der Waals surface area contributed by atoms with Crippen molar-refractivity contribution in [3.05, 3.63) is 217 Å². The van der Waals surface area contributed by atoms with Crippen molar-refractivity contribution in [2.45, 2.75) is 31.1 Å². The second kappa shape index (κ2) is 14.1. The van der Waals surface area contributed by atoms with Crippen LogP contribution in [-0.4, -0.2) is 5.91 Å². The molecule has 1 spiro atoms. The van der Waals surface area contributed by atoms with E-state index >= 15 is 0 Å². The molecule has 56 heavy (non-hydrogen) atoms. The smallest absolute Gasteiger partial charge is 0.343 e. The monoisotopic (exact) mass is 723 g/mol. The second-order valence-electron chi connectivity index (χ2n) is 14.9. The summed E-state index contributed by atoms with van der Waals surface area (Å²) >= 11 is 0. The van der Waals surface area contributed by atoms with Crippen LogP contribution in [0, 0.1) is 0 Å². The van der Waals surface area contributed by atoms with Gasteiger partial charge in [-0.05, 0) is 98.0 Å². The third-order valence-corrected chi connectivity index (χ3v) is 11.5. The van der Waals surface area contributed by atoms with Gasteiger partial charge in [0, 0.05) is 11.6 Å². The predicted molar refractivity (Wildman–Crippen MR) is 229 cm³/mol. The minimum atomic E-state index is -1.17. The molecule has 3 heteroatoms. The number of fused-ring (bicyclic) bond motifs is 2. The molecular formula is C53H41NO2. The molecule has 10 rings (SSSR count). The van der Waals surface area contributed by atoms with Crippen LogP contribution in [0.15, 0.2) is 206 Å². The molecular weight excluding hydrogens is 683 g/mol. The Morgan fingerprint density at radius 1 is 0.464 bits per heavy atom. The van der Waals surface area contributed by atoms with Crippen molar-refractivity contribution < 1.29 is 9.47 Å². The number of hydrogen-bond acceptors (Lipinski definition) is 3. The highest BCUT2D eigenvalue weighted by atomic mass is 16.7. The summed E-state index contributed by atoms with van der Waals surface area (Å²) in [5.74, 6) is 0.673. The molecule has 2 heterocycles. The lowest BCUT2D eigenvalue weighted by molar-refractivity contribution is -0.115. The van der Waals surface area contributed by atoms with Crippen molar-refractivity contribution in [2.24, 2.45) is 0 Å². The summed E-state index contributed by atoms with van der Waals surface area (Å²) in [6, 6.07) is 73.3. The van der Waals surface area contributed by atoms with Crippen LogP contribution in [0.2, 0.25) is 0 Å². The Labute approximate surface area is 329 Å². The molecule has 0 saturated heterocycles. The molecule has 0 fully saturated rings. The van der Waals surface area contributed by atoms with Gasteiger partial charge >= 0.3 is 5.91 Å². The standard InChI is InChI=1S/C53H41NO2/c1-37(38-20-8-2-9-21-38)49-36-53(55-51-34-46(41-26-14-5-15-27-41)44(32-48(49)51)39-22-10-3-11-23-39)54(43-30-18-7-19-31-43)50-33-45(40-24-12-4-13-25-40)47(35-52(50)56-53)42-28-16-6-17-29-42/h2-35,37,49H,36H2,1H3. The molecule has 8 aromatic carbocycles. The first-order chi connectivity index (χ1) is 27.6. The highest BCUT2D eigenvalue weighted by molar-refractivity contribution is 5.91. The van der Waals surface area contributed by atoms with Crippen LogP contribution in [0.25, 0.3) is 44.5 Å². The lowest BCUT2D eigenvalue weighted by atomic mass is 9.76. The topological polar surface area (TPSA) is 21.7 Å². The highest BCUT2D eigenvalue weighted by Gasteiger charge is 2.55. The molecule has 3 nitrogen and oxygen atoms in total. The van der Waals surface area contributed by atoms with Crippen molar-refractivity contribution >= 4 is 11.4 Å². The van der Waals surface area contributed by atoms with E-state index in [1.807, 2.05) is 0 Å². The van der Waals surface area contributed by atoms with Crippen LogP contribution < -0.4 is 14.4 Å². The largest absolute Gasteiger partial charge is 0.434 e. The Morgan fingerprint density at radius 3 is 1.36 bits per heavy atom. The van der Waals surface area contributed by atoms with E-state index in [4.69, 9.17) is 9.47 Å². The third kappa shape index (κ3) is 5.93. The van der Waals surface area contributed by atoms with Crippen LogP contribution in [0.3, 0.4) is 0 Å². The number of benzene rings is 8. The molecule has 0 amide bonds. The molecule has 0 radical (unpaired) electrons. The van der Waals surface area contributed by atoms with E-state index in [9.17, 15) is 0 Å². The van der Waals surface area contributed by atoms with Crippen molar-refractivity contribution in [3.63, 3.8) is 0 Å². The van der Waals surface area contributed by atoms with Gasteiger partial charge in [0.2, 0.25) is 0 Å². The Kier molecular flexibility index (Phi) is 8.49. The number of nitrogens with zero attached hydrogens (tertiary/aromatic N) is 1. The molecule has 0 aliphatic carbocycles. The fourth-order valence-corrected chi connectivity index (χ4v) is 8.78. The van der Waals surface area contributed by atoms with Crippen molar-refractivity contribution in [3.8, 4) is 56.0 Å². The first-order valence-corrected chi connectivity index (χ1v) is 19.5. The zero-order valence-corrected chi connectivity index (χ0v) is 31.3. The van der Waals surface area contributed by atoms with Crippen LogP contribution in [0.5, 0.6) is 11.5 Å². The molecule has 2 aliphatic rings. The molecule has 0 bridgehead atoms. The van der Waals surface area contributed by atoms with Crippen molar-refractivity contribution in [1.29, 1.82) is 0 Å². The van der Waals surface area contributed by atoms with E-state index in [0.29, 0.717) is 6.42 Å². The van der Waals surface area contributed by atoms with E-state index in [-0.39, 0.29) is 11.8 Å². The van der Waals surface area contributed by atoms with E-state index in [0.717, 1.165) is 56.3 Å². The molecule has 0 saturated carbocycles. The van der Waals surface area contributed by atoms with Gasteiger partial charge in [0.15, 0.2) is 5.75 Å². The summed E-state index contributed by atoms with van der Waals surface area (Å²) in [7, 11) is 0. The van der Waals surface area contributed by atoms with Crippen LogP contribution in [-0.2, 0) is 0 Å². The molecule has 2 aliphatic heterocycles. The number of ether oxygens (including phenoxy) is 2. The summed E-state index contributed by atoms with van der Waals surface area (Å²) in [6.07, 6.45) is 0.597. The van der Waals surface area contributed by atoms with Crippen LogP contribution in [0.4, 0.5) is 11.4 Å². The van der Waals surface area contributed by atoms with Crippen molar-refractivity contribution in [2.75, 3.05) is 4.90 Å². The molecule has 8 aromatic rings. The Morgan fingerprint density at radius 2 is 0.857 bits per heavy atom. The summed E-state index contributed by atoms with van der Waals surface area (Å²) in [5, 5.41) is 0. The van der Waals surface area contributed by atoms with Gasteiger partial charge in [0.05, 0.1) is 12.1 Å². The summed E-state index contributed by atoms with van der Waals surface area (Å²) in [6.45, 7) is 2.35. The number of rotatable bonds is 7.